The van der Waals surface area contributed by atoms with E-state index in [-0.39, 0.29) is 5.79 Å². The van der Waals surface area contributed by atoms with Crippen molar-refractivity contribution < 1.29 is 9.47 Å². The number of unbranched alkanes of at least 4 members (excludes halogenated alkanes) is 16. The topological polar surface area (TPSA) is 21.7 Å². The van der Waals surface area contributed by atoms with E-state index in [9.17, 15) is 0 Å². The Morgan fingerprint density at radius 3 is 1.30 bits per heavy atom. The third-order valence-corrected chi connectivity index (χ3v) is 10.2. The van der Waals surface area contributed by atoms with Crippen LogP contribution in [0.2, 0.25) is 0 Å². The van der Waals surface area contributed by atoms with Crippen LogP contribution in [0.4, 0.5) is 0 Å². The summed E-state index contributed by atoms with van der Waals surface area (Å²) in [4.78, 5) is 2.37. The Morgan fingerprint density at radius 2 is 0.913 bits per heavy atom. The summed E-state index contributed by atoms with van der Waals surface area (Å²) < 4.78 is 13.6. The van der Waals surface area contributed by atoms with Crippen LogP contribution in [0.15, 0.2) is 48.6 Å². The molecule has 1 aliphatic carbocycles. The average molecular weight is 640 g/mol. The van der Waals surface area contributed by atoms with Gasteiger partial charge in [0.25, 0.3) is 0 Å². The van der Waals surface area contributed by atoms with E-state index in [1.165, 1.54) is 148 Å². The molecule has 0 N–H and O–H groups in total. The van der Waals surface area contributed by atoms with Crippen molar-refractivity contribution in [2.24, 2.45) is 0 Å². The SMILES string of the molecule is CCCCCC=CCC=CCCCCCCCC1OC2(CCC(N(C)C)C2)OC1CCCCCCCC=CCC=CCCCCC. The Balaban J connectivity index is 1.57. The average Bonchev–Trinajstić information content (AvgIpc) is 3.63. The molecule has 0 aromatic rings. The highest BCUT2D eigenvalue weighted by Gasteiger charge is 2.51. The maximum Gasteiger partial charge on any atom is 0.170 e. The van der Waals surface area contributed by atoms with Gasteiger partial charge in [-0.25, -0.2) is 0 Å². The van der Waals surface area contributed by atoms with Crippen molar-refractivity contribution in [3.05, 3.63) is 48.6 Å². The van der Waals surface area contributed by atoms with Gasteiger partial charge in [-0.2, -0.15) is 0 Å². The van der Waals surface area contributed by atoms with Crippen LogP contribution >= 0.6 is 0 Å². The second-order valence-electron chi connectivity index (χ2n) is 14.6. The first-order valence-corrected chi connectivity index (χ1v) is 20.2. The molecule has 1 aliphatic heterocycles. The number of hydrogen-bond donors (Lipinski definition) is 0. The molecule has 2 aliphatic rings. The molecule has 0 bridgehead atoms. The lowest BCUT2D eigenvalue weighted by atomic mass is 9.99. The summed E-state index contributed by atoms with van der Waals surface area (Å²) >= 11 is 0. The predicted molar refractivity (Wildman–Crippen MR) is 203 cm³/mol. The molecular formula is C43H77NO2. The molecule has 2 fully saturated rings. The van der Waals surface area contributed by atoms with Crippen LogP contribution in [0.1, 0.15) is 187 Å². The second kappa shape index (κ2) is 27.8. The zero-order chi connectivity index (χ0) is 33.0. The number of rotatable bonds is 29. The lowest BCUT2D eigenvalue weighted by molar-refractivity contribution is -0.172. The first-order chi connectivity index (χ1) is 22.6. The van der Waals surface area contributed by atoms with E-state index < -0.39 is 0 Å². The summed E-state index contributed by atoms with van der Waals surface area (Å²) in [5.74, 6) is -0.307. The predicted octanol–water partition coefficient (Wildman–Crippen LogP) is 13.2. The van der Waals surface area contributed by atoms with E-state index in [0.717, 1.165) is 25.7 Å². The first-order valence-electron chi connectivity index (χ1n) is 20.2. The Labute approximate surface area is 287 Å². The normalized spacial score (nSPS) is 23.7. The van der Waals surface area contributed by atoms with Gasteiger partial charge in [-0.1, -0.05) is 140 Å². The molecule has 3 heteroatoms. The molecule has 1 spiro atoms. The molecule has 3 atom stereocenters. The largest absolute Gasteiger partial charge is 0.344 e. The van der Waals surface area contributed by atoms with Crippen LogP contribution in [0.25, 0.3) is 0 Å². The van der Waals surface area contributed by atoms with Crippen LogP contribution in [0.5, 0.6) is 0 Å². The summed E-state index contributed by atoms with van der Waals surface area (Å²) in [6.45, 7) is 4.54. The van der Waals surface area contributed by atoms with Crippen LogP contribution in [-0.4, -0.2) is 43.0 Å². The minimum absolute atomic E-state index is 0.296. The molecule has 0 radical (unpaired) electrons. The van der Waals surface area contributed by atoms with E-state index in [0.29, 0.717) is 18.2 Å². The molecule has 0 amide bonds. The third kappa shape index (κ3) is 19.6. The summed E-state index contributed by atoms with van der Waals surface area (Å²) in [5, 5.41) is 0. The van der Waals surface area contributed by atoms with Crippen molar-refractivity contribution in [1.29, 1.82) is 0 Å². The van der Waals surface area contributed by atoms with Crippen molar-refractivity contribution in [2.45, 2.75) is 211 Å². The van der Waals surface area contributed by atoms with Gasteiger partial charge >= 0.3 is 0 Å². The van der Waals surface area contributed by atoms with Crippen LogP contribution in [-0.2, 0) is 9.47 Å². The minimum atomic E-state index is -0.307. The molecule has 3 unspecified atom stereocenters. The zero-order valence-corrected chi connectivity index (χ0v) is 31.2. The van der Waals surface area contributed by atoms with Gasteiger partial charge in [0.15, 0.2) is 5.79 Å². The number of allylic oxidation sites excluding steroid dienone is 8. The summed E-state index contributed by atoms with van der Waals surface area (Å²) in [5.41, 5.74) is 0. The number of nitrogens with zero attached hydrogens (tertiary/aromatic N) is 1. The Kier molecular flexibility index (Phi) is 24.7. The summed E-state index contributed by atoms with van der Waals surface area (Å²) in [6, 6.07) is 0.589. The van der Waals surface area contributed by atoms with Gasteiger partial charge in [0.1, 0.15) is 0 Å². The molecule has 1 saturated carbocycles. The van der Waals surface area contributed by atoms with Gasteiger partial charge in [-0.05, 0) is 97.6 Å². The van der Waals surface area contributed by atoms with Gasteiger partial charge in [-0.15, -0.1) is 0 Å². The van der Waals surface area contributed by atoms with E-state index in [2.05, 4.69) is 81.5 Å². The van der Waals surface area contributed by atoms with Gasteiger partial charge in [0, 0.05) is 18.9 Å². The molecule has 1 saturated heterocycles. The molecule has 3 nitrogen and oxygen atoms in total. The fourth-order valence-corrected chi connectivity index (χ4v) is 7.14. The van der Waals surface area contributed by atoms with Gasteiger partial charge < -0.3 is 14.4 Å². The Morgan fingerprint density at radius 1 is 0.522 bits per heavy atom. The summed E-state index contributed by atoms with van der Waals surface area (Å²) in [7, 11) is 4.41. The van der Waals surface area contributed by atoms with Gasteiger partial charge in [0.05, 0.1) is 12.2 Å². The highest BCUT2D eigenvalue weighted by Crippen LogP contribution is 2.45. The molecule has 1 heterocycles. The maximum absolute atomic E-state index is 6.82. The molecule has 0 aromatic heterocycles. The lowest BCUT2D eigenvalue weighted by Gasteiger charge is -2.25. The first kappa shape index (κ1) is 41.0. The number of hydrogen-bond acceptors (Lipinski definition) is 3. The van der Waals surface area contributed by atoms with Crippen molar-refractivity contribution >= 4 is 0 Å². The molecular weight excluding hydrogens is 562 g/mol. The molecule has 2 rings (SSSR count). The fourth-order valence-electron chi connectivity index (χ4n) is 7.14. The van der Waals surface area contributed by atoms with Crippen molar-refractivity contribution in [2.75, 3.05) is 14.1 Å². The fraction of sp³-hybridized carbons (Fsp3) is 0.814. The van der Waals surface area contributed by atoms with E-state index in [1.807, 2.05) is 0 Å². The molecule has 266 valence electrons. The van der Waals surface area contributed by atoms with E-state index >= 15 is 0 Å². The van der Waals surface area contributed by atoms with Crippen LogP contribution in [0, 0.1) is 0 Å². The summed E-state index contributed by atoms with van der Waals surface area (Å²) in [6.07, 6.45) is 53.5. The Hall–Kier alpha value is -1.16. The van der Waals surface area contributed by atoms with E-state index in [1.54, 1.807) is 0 Å². The van der Waals surface area contributed by atoms with Crippen molar-refractivity contribution in [3.8, 4) is 0 Å². The molecule has 0 aromatic carbocycles. The third-order valence-electron chi connectivity index (χ3n) is 10.2. The minimum Gasteiger partial charge on any atom is -0.344 e. The van der Waals surface area contributed by atoms with E-state index in [4.69, 9.17) is 9.47 Å². The second-order valence-corrected chi connectivity index (χ2v) is 14.6. The van der Waals surface area contributed by atoms with Gasteiger partial charge in [-0.3, -0.25) is 0 Å². The molecule has 46 heavy (non-hydrogen) atoms. The van der Waals surface area contributed by atoms with Crippen molar-refractivity contribution in [1.82, 2.24) is 4.90 Å². The standard InChI is InChI=1S/C43H77NO2/c1-5-7-9-11-13-15-17-19-21-23-25-27-29-31-33-35-41-42(46-43(45-41)38-37-40(39-43)44(3)4)36-34-32-30-28-26-24-22-20-18-16-14-12-10-8-6-2/h13-16,19-22,40-42H,5-12,17-18,23-39H2,1-4H3. The van der Waals surface area contributed by atoms with Gasteiger partial charge in [0.2, 0.25) is 0 Å². The number of ether oxygens (including phenoxy) is 2. The lowest BCUT2D eigenvalue weighted by Crippen LogP contribution is -2.32. The smallest absolute Gasteiger partial charge is 0.170 e. The maximum atomic E-state index is 6.82. The highest BCUT2D eigenvalue weighted by atomic mass is 16.8. The van der Waals surface area contributed by atoms with Crippen molar-refractivity contribution in [3.63, 3.8) is 0 Å². The quantitative estimate of drug-likeness (QED) is 0.0600. The Bertz CT molecular complexity index is 758. The van der Waals surface area contributed by atoms with Crippen LogP contribution < -0.4 is 0 Å². The monoisotopic (exact) mass is 640 g/mol. The van der Waals surface area contributed by atoms with Crippen LogP contribution in [0.3, 0.4) is 0 Å². The zero-order valence-electron chi connectivity index (χ0n) is 31.2. The highest BCUT2D eigenvalue weighted by molar-refractivity contribution is 4.96.